The molecule has 3 heterocycles. The number of aromatic nitrogens is 4. The van der Waals surface area contributed by atoms with Gasteiger partial charge in [-0.3, -0.25) is 9.59 Å². The number of ketones is 1. The van der Waals surface area contributed by atoms with Crippen LogP contribution in [0.1, 0.15) is 46.1 Å². The van der Waals surface area contributed by atoms with Gasteiger partial charge in [-0.15, -0.1) is 0 Å². The predicted octanol–water partition coefficient (Wildman–Crippen LogP) is -0.547. The van der Waals surface area contributed by atoms with E-state index in [1.807, 2.05) is 6.92 Å². The van der Waals surface area contributed by atoms with Crippen molar-refractivity contribution in [3.8, 4) is 16.9 Å². The van der Waals surface area contributed by atoms with Crippen LogP contribution in [0.2, 0.25) is 0 Å². The summed E-state index contributed by atoms with van der Waals surface area (Å²) < 4.78 is 72.5. The van der Waals surface area contributed by atoms with Gasteiger partial charge < -0.3 is 38.5 Å². The van der Waals surface area contributed by atoms with Gasteiger partial charge in [-0.25, -0.2) is 12.6 Å². The maximum absolute atomic E-state index is 14.1. The number of anilines is 6. The number of benzene rings is 4. The minimum atomic E-state index is -5.04. The first kappa shape index (κ1) is 43.5. The molecule has 0 saturated carbocycles. The minimum Gasteiger partial charge on any atom is -0.744 e. The van der Waals surface area contributed by atoms with E-state index in [4.69, 9.17) is 8.92 Å². The second-order valence-corrected chi connectivity index (χ2v) is 15.2. The number of aryl methyl sites for hydroxylation is 2. The largest absolute Gasteiger partial charge is 1.00 e. The van der Waals surface area contributed by atoms with Gasteiger partial charge in [-0.05, 0) is 78.9 Å². The average molecular weight is 840 g/mol. The van der Waals surface area contributed by atoms with Crippen molar-refractivity contribution in [1.29, 1.82) is 0 Å². The van der Waals surface area contributed by atoms with E-state index in [-0.39, 0.29) is 122 Å². The number of hydrogen-bond acceptors (Lipinski definition) is 15. The van der Waals surface area contributed by atoms with Gasteiger partial charge in [0.2, 0.25) is 11.9 Å². The number of rotatable bonds is 10. The van der Waals surface area contributed by atoms with E-state index in [0.717, 1.165) is 11.6 Å². The molecule has 1 unspecified atom stereocenters. The summed E-state index contributed by atoms with van der Waals surface area (Å²) in [6.45, 7) is 2.81. The van der Waals surface area contributed by atoms with Crippen LogP contribution in [0.4, 0.5) is 34.6 Å². The zero-order valence-electron chi connectivity index (χ0n) is 31.7. The molecule has 286 valence electrons. The minimum absolute atomic E-state index is 0. The summed E-state index contributed by atoms with van der Waals surface area (Å²) in [5.74, 6) is 0.0983. The average Bonchev–Trinajstić information content (AvgIpc) is 3.16. The maximum atomic E-state index is 14.1. The van der Waals surface area contributed by atoms with Crippen molar-refractivity contribution in [2.45, 2.75) is 30.6 Å². The number of carbonyl (C=O) groups excluding carboxylic acids is 1. The van der Waals surface area contributed by atoms with E-state index in [1.165, 1.54) is 28.8 Å². The molecular weight excluding hydrogens is 809 g/mol. The van der Waals surface area contributed by atoms with Crippen LogP contribution >= 0.6 is 0 Å². The van der Waals surface area contributed by atoms with Gasteiger partial charge in [0.15, 0.2) is 11.5 Å². The van der Waals surface area contributed by atoms with Crippen molar-refractivity contribution in [1.82, 2.24) is 19.5 Å². The molecule has 2 aromatic heterocycles. The number of nitrogens with zero attached hydrogens (tertiary/aromatic N) is 4. The maximum Gasteiger partial charge on any atom is 1.00 e. The fourth-order valence-corrected chi connectivity index (χ4v) is 7.91. The first-order valence-electron chi connectivity index (χ1n) is 17.3. The molecular formula is C38H31N7Na2O9S2. The summed E-state index contributed by atoms with van der Waals surface area (Å²) in [6, 6.07) is 20.3. The third-order valence-electron chi connectivity index (χ3n) is 9.65. The second kappa shape index (κ2) is 17.7. The molecule has 1 aliphatic heterocycles. The number of carbonyl (C=O) groups is 1. The summed E-state index contributed by atoms with van der Waals surface area (Å²) in [5, 5.41) is 9.65. The topological polar surface area (TPSA) is 230 Å². The zero-order chi connectivity index (χ0) is 39.3. The van der Waals surface area contributed by atoms with E-state index in [0.29, 0.717) is 59.5 Å². The molecule has 1 aliphatic carbocycles. The Kier molecular flexibility index (Phi) is 13.3. The second-order valence-electron chi connectivity index (χ2n) is 13.3. The Balaban J connectivity index is 0.00000283. The Morgan fingerprint density at radius 1 is 0.828 bits per heavy atom. The van der Waals surface area contributed by atoms with Crippen LogP contribution in [0.5, 0.6) is 5.75 Å². The number of nitrogens with one attached hydrogen (secondary N) is 3. The molecule has 16 nitrogen and oxygen atoms in total. The first-order valence-corrected chi connectivity index (χ1v) is 19.7. The van der Waals surface area contributed by atoms with Crippen molar-refractivity contribution in [3.05, 3.63) is 112 Å². The predicted molar refractivity (Wildman–Crippen MR) is 206 cm³/mol. The normalized spacial score (nSPS) is 14.1. The molecule has 3 N–H and O–H groups in total. The van der Waals surface area contributed by atoms with Crippen LogP contribution in [-0.2, 0) is 33.3 Å². The summed E-state index contributed by atoms with van der Waals surface area (Å²) in [6.07, 6.45) is 1.27. The van der Waals surface area contributed by atoms with Crippen LogP contribution in [0.3, 0.4) is 0 Å². The van der Waals surface area contributed by atoms with E-state index in [2.05, 4.69) is 30.9 Å². The van der Waals surface area contributed by atoms with Gasteiger partial charge in [0, 0.05) is 48.9 Å². The molecule has 4 aromatic carbocycles. The Morgan fingerprint density at radius 2 is 1.53 bits per heavy atom. The third kappa shape index (κ3) is 8.78. The molecule has 0 amide bonds. The summed E-state index contributed by atoms with van der Waals surface area (Å²) in [5.41, 5.74) is 3.35. The number of pyridine rings is 1. The smallest absolute Gasteiger partial charge is 0.744 e. The van der Waals surface area contributed by atoms with Crippen molar-refractivity contribution < 1.29 is 94.6 Å². The van der Waals surface area contributed by atoms with Gasteiger partial charge in [0.25, 0.3) is 5.56 Å². The zero-order valence-corrected chi connectivity index (χ0v) is 37.3. The number of hydrogen-bond donors (Lipinski definition) is 3. The van der Waals surface area contributed by atoms with Crippen LogP contribution < -0.4 is 84.8 Å². The Bertz CT molecular complexity index is 2800. The fourth-order valence-electron chi connectivity index (χ4n) is 7.01. The summed E-state index contributed by atoms with van der Waals surface area (Å²) in [4.78, 5) is 40.3. The van der Waals surface area contributed by atoms with Gasteiger partial charge in [0.05, 0.1) is 33.0 Å². The molecule has 0 radical (unpaired) electrons. The Labute approximate surface area is 379 Å². The van der Waals surface area contributed by atoms with Crippen LogP contribution in [-0.4, -0.2) is 60.2 Å². The van der Waals surface area contributed by atoms with Crippen molar-refractivity contribution in [2.24, 2.45) is 7.05 Å². The fraction of sp³-hybridized carbons (Fsp3) is 0.184. The van der Waals surface area contributed by atoms with Gasteiger partial charge >= 0.3 is 59.1 Å². The van der Waals surface area contributed by atoms with E-state index >= 15 is 0 Å². The Morgan fingerprint density at radius 3 is 2.24 bits per heavy atom. The van der Waals surface area contributed by atoms with E-state index in [1.54, 1.807) is 55.6 Å². The number of fused-ring (bicyclic) bond motifs is 2. The molecule has 0 bridgehead atoms. The van der Waals surface area contributed by atoms with Crippen LogP contribution in [0.15, 0.2) is 88.6 Å². The molecule has 1 saturated heterocycles. The molecule has 58 heavy (non-hydrogen) atoms. The third-order valence-corrected chi connectivity index (χ3v) is 10.9. The van der Waals surface area contributed by atoms with E-state index in [9.17, 15) is 31.3 Å². The van der Waals surface area contributed by atoms with Crippen molar-refractivity contribution in [2.75, 3.05) is 29.2 Å². The van der Waals surface area contributed by atoms with Gasteiger partial charge in [-0.2, -0.15) is 15.0 Å². The number of ether oxygens (including phenoxy) is 1. The molecule has 6 aromatic rings. The van der Waals surface area contributed by atoms with E-state index < -0.39 is 26.4 Å². The van der Waals surface area contributed by atoms with Gasteiger partial charge in [0.1, 0.15) is 27.3 Å². The van der Waals surface area contributed by atoms with Crippen molar-refractivity contribution >= 4 is 72.8 Å². The standard InChI is InChI=1S/C38H33N7O9S2.2Na/c1-20-7-11-30(54-55(48)49)27(17-20)41-38-43-36(21-13-15-53-16-14-21)42-37(44-38)39-22-8-12-31(56(50,51)52)28(18-22)40-26-9-10-29-33-25(19-32(46)45(29)2)23-5-3-4-6-24(23)35(47)34(26)33;;/h3-12,17-19,21,40H,13-16H2,1-2H3,(H,48,49)(H,50,51,52)(H2,39,41,42,43,44);;/q;2*+1/p-2. The summed E-state index contributed by atoms with van der Waals surface area (Å²) >= 11 is -2.85. The summed E-state index contributed by atoms with van der Waals surface area (Å²) in [7, 11) is -3.45. The first-order chi connectivity index (χ1) is 26.8. The molecule has 8 rings (SSSR count). The van der Waals surface area contributed by atoms with Crippen LogP contribution in [0.25, 0.3) is 22.0 Å². The molecule has 1 atom stereocenters. The molecule has 20 heteroatoms. The van der Waals surface area contributed by atoms with Crippen molar-refractivity contribution in [3.63, 3.8) is 0 Å². The van der Waals surface area contributed by atoms with Gasteiger partial charge in [-0.1, -0.05) is 30.3 Å². The molecule has 1 fully saturated rings. The van der Waals surface area contributed by atoms with Crippen LogP contribution in [0, 0.1) is 6.92 Å². The quantitative estimate of drug-likeness (QED) is 0.0892. The SMILES string of the molecule is Cc1ccc(OS(=O)[O-])c(Nc2nc(Nc3ccc(S(=O)(=O)[O-])c(Nc4ccc5c6c(cc(=O)n5C)-c5ccccc5C(=O)c46)c3)nc(C3CCOCC3)n2)c1.[Na+].[Na+]. The monoisotopic (exact) mass is 839 g/mol. The Hall–Kier alpha value is -4.05. The molecule has 2 aliphatic rings. The molecule has 0 spiro atoms.